The highest BCUT2D eigenvalue weighted by Crippen LogP contribution is 2.41. The van der Waals surface area contributed by atoms with Crippen molar-refractivity contribution in [3.8, 4) is 11.3 Å². The Morgan fingerprint density at radius 2 is 1.47 bits per heavy atom. The molecule has 2 amide bonds. The van der Waals surface area contributed by atoms with Gasteiger partial charge in [-0.1, -0.05) is 82.7 Å². The van der Waals surface area contributed by atoms with E-state index in [4.69, 9.17) is 77.8 Å². The molecule has 1 aromatic carbocycles. The van der Waals surface area contributed by atoms with E-state index >= 15 is 0 Å². The molecule has 3 fully saturated rings. The first kappa shape index (κ1) is 101. The molecule has 35 nitrogen and oxygen atoms in total. The number of rotatable bonds is 41. The third kappa shape index (κ3) is 30.3. The molecule has 1 saturated carbocycles. The highest BCUT2D eigenvalue weighted by Gasteiger charge is 2.53. The van der Waals surface area contributed by atoms with Crippen LogP contribution in [0.2, 0.25) is 0 Å². The fraction of sp³-hybridized carbons (Fsp3) is 0.670. The molecule has 0 spiro atoms. The quantitative estimate of drug-likeness (QED) is 0.0105. The van der Waals surface area contributed by atoms with Crippen LogP contribution >= 0.6 is 0 Å². The standard InChI is InChI=1S/C91H134N12O23/c1-58-20-13-11-14-21-59(2)75(114-8)53-69-28-25-64(7)91(113,126-69)85(110)88(111)101-34-18-16-23-72(101)89(112)124-76(54-73(105)60(3)49-63(6)83(109)84(116-10)82(108)62(5)48-58)61(4)50-65-26-29-71(77(51-65)115-9)103-55-67(98-100-103)56-123-79(107)24-19-36-117-40-44-121-46-42-119-38-32-78(106)94-33-39-120-43-47-122-45-41-118-37-31-68(104)22-15-12-17-35-102-87-80(86(92)95-57-96-87)81(99-102)66-27-30-74-70(52-66)97-90(93)125-74/h11,13-14,20-21,27,30,49,52,55,57-58,60-62,64-65,69,71-72,75-77,83-84,109,113H,12,15-19,22-26,28-29,31-48,50-51,53-54,56H2,1-10H3,(H2,93,97)(H,94,106)(H2,92,95,96)/b14-11+,20-13+,59-21+,63-49+/t58-,60-,61-,62-,64-,65+,69+,71+,72+,75+,76+,77-,83-,84+,91-/m1/s1. The number of esters is 2. The number of nitrogens with zero attached hydrogens (tertiary/aromatic N) is 9. The molecule has 4 aliphatic rings. The summed E-state index contributed by atoms with van der Waals surface area (Å²) in [5.74, 6) is -8.69. The summed E-state index contributed by atoms with van der Waals surface area (Å²) < 4.78 is 78.3. The number of unbranched alkanes of at least 4 members (excludes halogenated alkanes) is 2. The number of carbonyl (C=O) groups is 8. The Morgan fingerprint density at radius 1 is 0.746 bits per heavy atom. The fourth-order valence-corrected chi connectivity index (χ4v) is 16.7. The molecule has 35 heteroatoms. The molecule has 1 aliphatic carbocycles. The van der Waals surface area contributed by atoms with Crippen LogP contribution in [0.15, 0.2) is 82.7 Å². The number of nitrogens with one attached hydrogen (secondary N) is 1. The van der Waals surface area contributed by atoms with Crippen molar-refractivity contribution in [1.29, 1.82) is 0 Å². The van der Waals surface area contributed by atoms with E-state index in [-0.39, 0.29) is 105 Å². The smallest absolute Gasteiger partial charge is 0.329 e. The van der Waals surface area contributed by atoms with Crippen LogP contribution in [-0.4, -0.2) is 264 Å². The number of carbonyl (C=O) groups excluding carboxylic acids is 8. The van der Waals surface area contributed by atoms with Crippen molar-refractivity contribution in [2.45, 2.75) is 245 Å². The Hall–Kier alpha value is -8.98. The van der Waals surface area contributed by atoms with Crippen molar-refractivity contribution in [2.75, 3.05) is 125 Å². The number of cyclic esters (lactones) is 1. The predicted molar refractivity (Wildman–Crippen MR) is 465 cm³/mol. The lowest BCUT2D eigenvalue weighted by Gasteiger charge is -2.42. The van der Waals surface area contributed by atoms with Crippen LogP contribution in [0.4, 0.5) is 11.8 Å². The van der Waals surface area contributed by atoms with E-state index in [9.17, 15) is 48.6 Å². The summed E-state index contributed by atoms with van der Waals surface area (Å²) in [5.41, 5.74) is 16.9. The Kier molecular flexibility index (Phi) is 41.5. The van der Waals surface area contributed by atoms with Crippen LogP contribution in [0, 0.1) is 35.5 Å². The summed E-state index contributed by atoms with van der Waals surface area (Å²) in [5, 5.41) is 40.8. The molecule has 7 N–H and O–H groups in total. The highest BCUT2D eigenvalue weighted by atomic mass is 16.6. The number of piperidine rings is 1. The van der Waals surface area contributed by atoms with E-state index in [0.717, 1.165) is 30.4 Å². The molecule has 2 saturated heterocycles. The number of methoxy groups -OCH3 is 3. The number of benzene rings is 1. The van der Waals surface area contributed by atoms with Crippen LogP contribution in [0.5, 0.6) is 0 Å². The summed E-state index contributed by atoms with van der Waals surface area (Å²) in [4.78, 5) is 124. The molecule has 2 bridgehead atoms. The van der Waals surface area contributed by atoms with Crippen LogP contribution in [-0.2, 0) is 108 Å². The van der Waals surface area contributed by atoms with Gasteiger partial charge in [-0.15, -0.1) is 5.10 Å². The van der Waals surface area contributed by atoms with E-state index in [1.54, 1.807) is 64.9 Å². The second-order valence-electron chi connectivity index (χ2n) is 33.7. The Bertz CT molecular complexity index is 4450. The second-order valence-corrected chi connectivity index (χ2v) is 33.7. The number of Topliss-reactive ketones (excluding diaryl/α,β-unsaturated/α-hetero) is 4. The molecular formula is C91H134N12O23. The zero-order valence-corrected chi connectivity index (χ0v) is 75.0. The Labute approximate surface area is 737 Å². The summed E-state index contributed by atoms with van der Waals surface area (Å²) in [6.07, 6.45) is 18.1. The lowest BCUT2D eigenvalue weighted by Crippen LogP contribution is -2.61. The third-order valence-electron chi connectivity index (χ3n) is 24.0. The van der Waals surface area contributed by atoms with E-state index in [0.29, 0.717) is 208 Å². The molecule has 15 atom stereocenters. The monoisotopic (exact) mass is 1760 g/mol. The number of nitrogen functional groups attached to an aromatic ring is 2. The number of aromatic nitrogens is 8. The maximum absolute atomic E-state index is 14.8. The van der Waals surface area contributed by atoms with Crippen molar-refractivity contribution in [2.24, 2.45) is 35.5 Å². The number of ketones is 4. The Balaban J connectivity index is 0.615. The molecule has 4 aromatic heterocycles. The molecule has 0 radical (unpaired) electrons. The molecule has 0 unspecified atom stereocenters. The van der Waals surface area contributed by atoms with Crippen molar-refractivity contribution in [1.82, 2.24) is 49.9 Å². The van der Waals surface area contributed by atoms with Crippen molar-refractivity contribution in [3.05, 3.63) is 84.0 Å². The molecule has 3 aliphatic heterocycles. The van der Waals surface area contributed by atoms with E-state index in [1.807, 2.05) is 68.0 Å². The largest absolute Gasteiger partial charge is 0.460 e. The molecule has 9 rings (SSSR count). The van der Waals surface area contributed by atoms with Gasteiger partial charge in [0.2, 0.25) is 11.7 Å². The number of oxazole rings is 1. The number of ether oxygens (including phenoxy) is 12. The number of allylic oxidation sites excluding steroid dienone is 6. The topological polar surface area (TPSA) is 455 Å². The van der Waals surface area contributed by atoms with Crippen LogP contribution < -0.4 is 16.8 Å². The van der Waals surface area contributed by atoms with Gasteiger partial charge in [-0.2, -0.15) is 10.1 Å². The van der Waals surface area contributed by atoms with Gasteiger partial charge in [0, 0.05) is 109 Å². The number of fused-ring (bicyclic) bond motifs is 5. The van der Waals surface area contributed by atoms with Crippen LogP contribution in [0.1, 0.15) is 189 Å². The lowest BCUT2D eigenvalue weighted by atomic mass is 9.77. The first-order valence-corrected chi connectivity index (χ1v) is 44.6. The number of nitrogens with two attached hydrogens (primary N) is 2. The van der Waals surface area contributed by atoms with Crippen LogP contribution in [0.25, 0.3) is 33.4 Å². The van der Waals surface area contributed by atoms with Crippen molar-refractivity contribution >= 4 is 80.9 Å². The molecule has 7 heterocycles. The predicted octanol–water partition coefficient (Wildman–Crippen LogP) is 9.41. The van der Waals surface area contributed by atoms with Crippen LogP contribution in [0.3, 0.4) is 0 Å². The maximum atomic E-state index is 14.8. The summed E-state index contributed by atoms with van der Waals surface area (Å²) in [6.45, 7) is 17.3. The highest BCUT2D eigenvalue weighted by molar-refractivity contribution is 6.39. The van der Waals surface area contributed by atoms with Gasteiger partial charge in [-0.25, -0.2) is 24.1 Å². The SMILES string of the molecule is CO[C@H]1C[C@@H]2CC[C@@H](C)[C@@](O)(O2)C(=O)C(=O)N2CCCC[C@H]2C(=O)O[C@H]([C@H](C)C[C@@H]2CC[C@H](n3cc(COC(=O)CCCOCCOCCOCCC(=O)NCCOCCOCCOCCC(=O)CCCCCn4nc(-c5ccc6oc(N)nc6c5)c5c(N)ncnc54)nn3)[C@H](OC)C2)CC(=O)[C@H](C)/C=C(\C)[C@@H](O)[C@@H](OC)C(=O)[C@H](C)C[C@H](C)/C=C/C=C/C=C/1C. The van der Waals surface area contributed by atoms with E-state index < -0.39 is 89.6 Å². The molecule has 696 valence electrons. The minimum absolute atomic E-state index is 0.0199. The number of aliphatic hydroxyl groups excluding tert-OH is 1. The number of hydrogen-bond acceptors (Lipinski definition) is 31. The molecule has 5 aromatic rings. The molecular weight excluding hydrogens is 1630 g/mol. The first-order valence-electron chi connectivity index (χ1n) is 44.6. The van der Waals surface area contributed by atoms with Gasteiger partial charge < -0.3 is 93.2 Å². The second kappa shape index (κ2) is 51.9. The minimum atomic E-state index is -2.48. The number of hydrogen-bond donors (Lipinski definition) is 5. The van der Waals surface area contributed by atoms with Crippen molar-refractivity contribution in [3.63, 3.8) is 0 Å². The van der Waals surface area contributed by atoms with Gasteiger partial charge in [-0.3, -0.25) is 33.6 Å². The number of aliphatic hydroxyl groups is 2. The van der Waals surface area contributed by atoms with E-state index in [1.165, 1.54) is 18.3 Å². The summed E-state index contributed by atoms with van der Waals surface area (Å²) in [6, 6.07) is 4.15. The summed E-state index contributed by atoms with van der Waals surface area (Å²) >= 11 is 0. The third-order valence-corrected chi connectivity index (χ3v) is 24.0. The zero-order valence-electron chi connectivity index (χ0n) is 75.0. The minimum Gasteiger partial charge on any atom is -0.460 e. The average Bonchev–Trinajstić information content (AvgIpc) is 1.49. The van der Waals surface area contributed by atoms with Gasteiger partial charge >= 0.3 is 11.9 Å². The lowest BCUT2D eigenvalue weighted by molar-refractivity contribution is -0.265. The van der Waals surface area contributed by atoms with Gasteiger partial charge in [0.15, 0.2) is 17.0 Å². The normalized spacial score (nSPS) is 26.6. The first-order chi connectivity index (χ1) is 60.7. The number of anilines is 2. The van der Waals surface area contributed by atoms with Gasteiger partial charge in [0.05, 0.1) is 109 Å². The number of aryl methyl sites for hydroxylation is 1. The average molecular weight is 1760 g/mol. The number of amides is 2. The summed E-state index contributed by atoms with van der Waals surface area (Å²) in [7, 11) is 4.56. The van der Waals surface area contributed by atoms with Gasteiger partial charge in [0.25, 0.3) is 17.7 Å². The zero-order chi connectivity index (χ0) is 90.7. The van der Waals surface area contributed by atoms with Gasteiger partial charge in [0.1, 0.15) is 71.6 Å². The van der Waals surface area contributed by atoms with Gasteiger partial charge in [-0.05, 0) is 144 Å². The maximum Gasteiger partial charge on any atom is 0.329 e. The van der Waals surface area contributed by atoms with Crippen molar-refractivity contribution < 1.29 is 110 Å². The molecule has 126 heavy (non-hydrogen) atoms. The van der Waals surface area contributed by atoms with E-state index in [2.05, 4.69) is 30.6 Å². The fourth-order valence-electron chi connectivity index (χ4n) is 16.7. The Morgan fingerprint density at radius 3 is 2.20 bits per heavy atom.